The summed E-state index contributed by atoms with van der Waals surface area (Å²) in [7, 11) is -4.13. The van der Waals surface area contributed by atoms with Crippen molar-refractivity contribution < 1.29 is 22.0 Å². The van der Waals surface area contributed by atoms with E-state index in [0.717, 1.165) is 53.5 Å². The number of rotatable bonds is 5. The van der Waals surface area contributed by atoms with Gasteiger partial charge in [0.25, 0.3) is 10.0 Å². The van der Waals surface area contributed by atoms with Crippen LogP contribution in [0.4, 0.5) is 14.5 Å². The fourth-order valence-electron chi connectivity index (χ4n) is 3.14. The van der Waals surface area contributed by atoms with Gasteiger partial charge < -0.3 is 4.90 Å². The number of likely N-dealkylation sites (tertiary alicyclic amines) is 1. The predicted octanol–water partition coefficient (Wildman–Crippen LogP) is 3.42. The molecule has 0 bridgehead atoms. The number of nitrogens with zero attached hydrogens (tertiary/aromatic N) is 2. The first-order valence-electron chi connectivity index (χ1n) is 9.09. The summed E-state index contributed by atoms with van der Waals surface area (Å²) in [5.41, 5.74) is 0.171. The van der Waals surface area contributed by atoms with Crippen LogP contribution in [0.1, 0.15) is 19.8 Å². The largest absolute Gasteiger partial charge is 0.341 e. The Hall–Kier alpha value is -2.48. The van der Waals surface area contributed by atoms with Crippen molar-refractivity contribution in [2.75, 3.05) is 23.9 Å². The smallest absolute Gasteiger partial charge is 0.264 e. The monoisotopic (exact) mass is 408 g/mol. The highest BCUT2D eigenvalue weighted by atomic mass is 32.2. The van der Waals surface area contributed by atoms with Gasteiger partial charge in [-0.05, 0) is 67.3 Å². The van der Waals surface area contributed by atoms with Crippen LogP contribution in [-0.2, 0) is 14.8 Å². The Balaban J connectivity index is 1.92. The molecule has 2 aromatic rings. The Morgan fingerprint density at radius 2 is 1.50 bits per heavy atom. The lowest BCUT2D eigenvalue weighted by molar-refractivity contribution is -0.130. The second kappa shape index (κ2) is 8.26. The minimum Gasteiger partial charge on any atom is -0.341 e. The second-order valence-corrected chi connectivity index (χ2v) is 8.87. The third-order valence-corrected chi connectivity index (χ3v) is 6.72. The van der Waals surface area contributed by atoms with Gasteiger partial charge in [0.15, 0.2) is 0 Å². The van der Waals surface area contributed by atoms with Crippen molar-refractivity contribution in [3.8, 4) is 0 Å². The molecule has 1 fully saturated rings. The number of halogens is 2. The van der Waals surface area contributed by atoms with Crippen LogP contribution in [0.5, 0.6) is 0 Å². The molecule has 0 radical (unpaired) electrons. The van der Waals surface area contributed by atoms with Crippen molar-refractivity contribution in [3.05, 3.63) is 60.2 Å². The van der Waals surface area contributed by atoms with Crippen molar-refractivity contribution in [2.24, 2.45) is 5.92 Å². The molecular weight excluding hydrogens is 386 g/mol. The van der Waals surface area contributed by atoms with Crippen LogP contribution in [-0.4, -0.2) is 38.9 Å². The van der Waals surface area contributed by atoms with E-state index in [4.69, 9.17) is 0 Å². The van der Waals surface area contributed by atoms with Crippen LogP contribution in [0.25, 0.3) is 0 Å². The Morgan fingerprint density at radius 3 is 2.04 bits per heavy atom. The van der Waals surface area contributed by atoms with Gasteiger partial charge in [-0.3, -0.25) is 9.10 Å². The van der Waals surface area contributed by atoms with Crippen LogP contribution < -0.4 is 4.31 Å². The summed E-state index contributed by atoms with van der Waals surface area (Å²) in [4.78, 5) is 14.3. The summed E-state index contributed by atoms with van der Waals surface area (Å²) < 4.78 is 53.8. The van der Waals surface area contributed by atoms with Crippen molar-refractivity contribution in [2.45, 2.75) is 24.7 Å². The van der Waals surface area contributed by atoms with E-state index in [0.29, 0.717) is 19.0 Å². The first-order valence-corrected chi connectivity index (χ1v) is 10.5. The van der Waals surface area contributed by atoms with E-state index in [-0.39, 0.29) is 16.5 Å². The van der Waals surface area contributed by atoms with E-state index >= 15 is 0 Å². The Kier molecular flexibility index (Phi) is 5.98. The normalized spacial score (nSPS) is 15.5. The zero-order valence-corrected chi connectivity index (χ0v) is 16.3. The van der Waals surface area contributed by atoms with Gasteiger partial charge in [0.05, 0.1) is 10.6 Å². The van der Waals surface area contributed by atoms with Gasteiger partial charge in [-0.1, -0.05) is 6.92 Å². The number of hydrogen-bond acceptors (Lipinski definition) is 3. The predicted molar refractivity (Wildman–Crippen MR) is 102 cm³/mol. The maximum absolute atomic E-state index is 13.3. The molecule has 1 amide bonds. The molecule has 3 rings (SSSR count). The first kappa shape index (κ1) is 20.3. The van der Waals surface area contributed by atoms with E-state index in [2.05, 4.69) is 6.92 Å². The van der Waals surface area contributed by atoms with Gasteiger partial charge in [-0.2, -0.15) is 0 Å². The van der Waals surface area contributed by atoms with E-state index < -0.39 is 28.2 Å². The first-order chi connectivity index (χ1) is 13.3. The Labute approximate surface area is 163 Å². The van der Waals surface area contributed by atoms with Crippen LogP contribution in [0.2, 0.25) is 0 Å². The summed E-state index contributed by atoms with van der Waals surface area (Å²) in [6.07, 6.45) is 1.74. The summed E-state index contributed by atoms with van der Waals surface area (Å²) in [5.74, 6) is -0.868. The number of carbonyl (C=O) groups is 1. The maximum Gasteiger partial charge on any atom is 0.264 e. The number of hydrogen-bond donors (Lipinski definition) is 0. The van der Waals surface area contributed by atoms with Gasteiger partial charge in [0, 0.05) is 13.1 Å². The molecule has 0 unspecified atom stereocenters. The number of anilines is 1. The molecule has 150 valence electrons. The molecule has 5 nitrogen and oxygen atoms in total. The number of amides is 1. The van der Waals surface area contributed by atoms with Crippen molar-refractivity contribution in [3.63, 3.8) is 0 Å². The van der Waals surface area contributed by atoms with Crippen LogP contribution >= 0.6 is 0 Å². The number of carbonyl (C=O) groups excluding carboxylic acids is 1. The molecule has 1 saturated heterocycles. The SMILES string of the molecule is CC1CCN(C(=O)CN(c2ccc(F)cc2)S(=O)(=O)c2ccc(F)cc2)CC1. The molecule has 0 saturated carbocycles. The van der Waals surface area contributed by atoms with Crippen LogP contribution in [0.3, 0.4) is 0 Å². The zero-order chi connectivity index (χ0) is 20.3. The maximum atomic E-state index is 13.3. The molecule has 0 N–H and O–H groups in total. The molecule has 1 heterocycles. The average Bonchev–Trinajstić information content (AvgIpc) is 2.67. The molecule has 1 aliphatic heterocycles. The molecule has 0 spiro atoms. The quantitative estimate of drug-likeness (QED) is 0.762. The molecule has 0 atom stereocenters. The van der Waals surface area contributed by atoms with Gasteiger partial charge in [0.2, 0.25) is 5.91 Å². The number of benzene rings is 2. The van der Waals surface area contributed by atoms with E-state index in [9.17, 15) is 22.0 Å². The molecule has 0 aromatic heterocycles. The molecule has 8 heteroatoms. The van der Waals surface area contributed by atoms with E-state index in [1.165, 1.54) is 12.1 Å². The fourth-order valence-corrected chi connectivity index (χ4v) is 4.55. The minimum atomic E-state index is -4.13. The highest BCUT2D eigenvalue weighted by molar-refractivity contribution is 7.92. The van der Waals surface area contributed by atoms with Crippen molar-refractivity contribution in [1.82, 2.24) is 4.90 Å². The highest BCUT2D eigenvalue weighted by Gasteiger charge is 2.30. The zero-order valence-electron chi connectivity index (χ0n) is 15.5. The third-order valence-electron chi connectivity index (χ3n) is 4.93. The van der Waals surface area contributed by atoms with Gasteiger partial charge in [0.1, 0.15) is 18.2 Å². The van der Waals surface area contributed by atoms with E-state index in [1.807, 2.05) is 0 Å². The summed E-state index contributed by atoms with van der Waals surface area (Å²) in [6.45, 7) is 2.87. The summed E-state index contributed by atoms with van der Waals surface area (Å²) >= 11 is 0. The standard InChI is InChI=1S/C20H22F2N2O3S/c1-15-10-12-23(13-11-15)20(25)14-24(18-6-2-16(21)3-7-18)28(26,27)19-8-4-17(22)5-9-19/h2-9,15H,10-14H2,1H3. The lowest BCUT2D eigenvalue weighted by Gasteiger charge is -2.32. The van der Waals surface area contributed by atoms with Gasteiger partial charge >= 0.3 is 0 Å². The van der Waals surface area contributed by atoms with Gasteiger partial charge in [-0.25, -0.2) is 17.2 Å². The molecule has 0 aliphatic carbocycles. The molecular formula is C20H22F2N2O3S. The lowest BCUT2D eigenvalue weighted by Crippen LogP contribution is -2.45. The third kappa shape index (κ3) is 4.49. The van der Waals surface area contributed by atoms with Gasteiger partial charge in [-0.15, -0.1) is 0 Å². The fraction of sp³-hybridized carbons (Fsp3) is 0.350. The molecule has 1 aliphatic rings. The number of sulfonamides is 1. The summed E-state index contributed by atoms with van der Waals surface area (Å²) in [5, 5.41) is 0. The highest BCUT2D eigenvalue weighted by Crippen LogP contribution is 2.25. The van der Waals surface area contributed by atoms with E-state index in [1.54, 1.807) is 4.90 Å². The van der Waals surface area contributed by atoms with Crippen LogP contribution in [0.15, 0.2) is 53.4 Å². The second-order valence-electron chi connectivity index (χ2n) is 7.01. The average molecular weight is 408 g/mol. The summed E-state index contributed by atoms with van der Waals surface area (Å²) in [6, 6.07) is 9.27. The lowest BCUT2D eigenvalue weighted by atomic mass is 9.99. The molecule has 2 aromatic carbocycles. The number of piperidine rings is 1. The molecule has 28 heavy (non-hydrogen) atoms. The minimum absolute atomic E-state index is 0.140. The van der Waals surface area contributed by atoms with Crippen molar-refractivity contribution in [1.29, 1.82) is 0 Å². The Morgan fingerprint density at radius 1 is 1.00 bits per heavy atom. The topological polar surface area (TPSA) is 57.7 Å². The van der Waals surface area contributed by atoms with Crippen molar-refractivity contribution >= 4 is 21.6 Å². The van der Waals surface area contributed by atoms with Crippen LogP contribution in [0, 0.1) is 17.6 Å². The Bertz CT molecular complexity index is 923.